The Balaban J connectivity index is 1.49. The van der Waals surface area contributed by atoms with E-state index >= 15 is 0 Å². The molecule has 0 unspecified atom stereocenters. The lowest BCUT2D eigenvalue weighted by Gasteiger charge is -2.10. The molecule has 0 saturated carbocycles. The highest BCUT2D eigenvalue weighted by molar-refractivity contribution is 6.04. The van der Waals surface area contributed by atoms with Crippen molar-refractivity contribution in [3.63, 3.8) is 0 Å². The maximum atomic E-state index is 14.2. The zero-order chi connectivity index (χ0) is 20.2. The Morgan fingerprint density at radius 1 is 1.00 bits per heavy atom. The van der Waals surface area contributed by atoms with E-state index in [4.69, 9.17) is 4.74 Å². The Bertz CT molecular complexity index is 1140. The first-order valence-electron chi connectivity index (χ1n) is 8.79. The molecule has 1 heterocycles. The molecular weight excluding hydrogens is 373 g/mol. The van der Waals surface area contributed by atoms with Crippen molar-refractivity contribution in [2.45, 2.75) is 6.92 Å². The summed E-state index contributed by atoms with van der Waals surface area (Å²) in [5.74, 6) is 0.928. The Hall–Kier alpha value is -4.07. The third kappa shape index (κ3) is 4.11. The molecule has 8 heteroatoms. The van der Waals surface area contributed by atoms with Crippen LogP contribution in [0.5, 0.6) is 11.5 Å². The van der Waals surface area contributed by atoms with Gasteiger partial charge in [-0.25, -0.2) is 4.39 Å². The summed E-state index contributed by atoms with van der Waals surface area (Å²) in [6.07, 6.45) is 0. The van der Waals surface area contributed by atoms with Crippen LogP contribution in [0.1, 0.15) is 16.2 Å². The first-order chi connectivity index (χ1) is 14.1. The number of nitrogens with zero attached hydrogens (tertiary/aromatic N) is 4. The second kappa shape index (κ2) is 7.89. The minimum absolute atomic E-state index is 0.150. The molecule has 0 radical (unpaired) electrons. The molecule has 4 rings (SSSR count). The van der Waals surface area contributed by atoms with E-state index < -0.39 is 5.82 Å². The first kappa shape index (κ1) is 18.3. The van der Waals surface area contributed by atoms with Crippen LogP contribution >= 0.6 is 0 Å². The van der Waals surface area contributed by atoms with E-state index in [0.29, 0.717) is 28.6 Å². The highest BCUT2D eigenvalue weighted by Gasteiger charge is 2.13. The summed E-state index contributed by atoms with van der Waals surface area (Å²) in [4.78, 5) is 12.5. The van der Waals surface area contributed by atoms with Gasteiger partial charge in [0.15, 0.2) is 5.82 Å². The van der Waals surface area contributed by atoms with Gasteiger partial charge in [-0.05, 0) is 71.9 Å². The van der Waals surface area contributed by atoms with Crippen molar-refractivity contribution in [2.24, 2.45) is 0 Å². The van der Waals surface area contributed by atoms with Crippen LogP contribution in [0.2, 0.25) is 0 Å². The van der Waals surface area contributed by atoms with Crippen LogP contribution in [0.4, 0.5) is 10.1 Å². The molecule has 7 nitrogen and oxygen atoms in total. The molecule has 29 heavy (non-hydrogen) atoms. The van der Waals surface area contributed by atoms with Crippen molar-refractivity contribution >= 4 is 11.6 Å². The molecule has 0 aliphatic carbocycles. The van der Waals surface area contributed by atoms with Gasteiger partial charge in [0, 0.05) is 11.3 Å². The van der Waals surface area contributed by atoms with Crippen LogP contribution in [0.3, 0.4) is 0 Å². The predicted octanol–water partition coefficient (Wildman–Crippen LogP) is 4.15. The number of hydrogen-bond acceptors (Lipinski definition) is 5. The molecule has 1 N–H and O–H groups in total. The molecule has 0 bridgehead atoms. The molecule has 1 amide bonds. The topological polar surface area (TPSA) is 81.9 Å². The second-order valence-corrected chi connectivity index (χ2v) is 6.20. The smallest absolute Gasteiger partial charge is 0.255 e. The van der Waals surface area contributed by atoms with Crippen LogP contribution in [0.25, 0.3) is 5.69 Å². The lowest BCUT2D eigenvalue weighted by molar-refractivity contribution is 0.102. The average Bonchev–Trinajstić information content (AvgIpc) is 3.16. The van der Waals surface area contributed by atoms with Crippen LogP contribution in [0.15, 0.2) is 72.8 Å². The van der Waals surface area contributed by atoms with Crippen molar-refractivity contribution < 1.29 is 13.9 Å². The maximum absolute atomic E-state index is 14.2. The van der Waals surface area contributed by atoms with Crippen molar-refractivity contribution in [3.8, 4) is 17.2 Å². The molecule has 0 saturated heterocycles. The molecule has 4 aromatic rings. The van der Waals surface area contributed by atoms with E-state index in [1.54, 1.807) is 31.2 Å². The Morgan fingerprint density at radius 3 is 2.41 bits per heavy atom. The van der Waals surface area contributed by atoms with Gasteiger partial charge >= 0.3 is 0 Å². The van der Waals surface area contributed by atoms with Gasteiger partial charge in [-0.1, -0.05) is 18.2 Å². The number of aryl methyl sites for hydroxylation is 1. The fraction of sp³-hybridized carbons (Fsp3) is 0.0476. The number of tetrazole rings is 1. The maximum Gasteiger partial charge on any atom is 0.255 e. The Kier molecular flexibility index (Phi) is 4.98. The number of amides is 1. The Labute approximate surface area is 165 Å². The molecule has 1 aromatic heterocycles. The van der Waals surface area contributed by atoms with Crippen LogP contribution in [-0.2, 0) is 0 Å². The summed E-state index contributed by atoms with van der Waals surface area (Å²) in [7, 11) is 0. The highest BCUT2D eigenvalue weighted by atomic mass is 19.1. The Morgan fingerprint density at radius 2 is 1.72 bits per heavy atom. The molecule has 0 aliphatic rings. The number of para-hydroxylation sites is 1. The SMILES string of the molecule is Cc1nnnn1-c1cc(NC(=O)c2ccc(Oc3ccccc3)cc2)ccc1F. The minimum Gasteiger partial charge on any atom is -0.457 e. The number of halogens is 1. The third-order valence-corrected chi connectivity index (χ3v) is 4.15. The largest absolute Gasteiger partial charge is 0.457 e. The molecule has 3 aromatic carbocycles. The molecule has 144 valence electrons. The lowest BCUT2D eigenvalue weighted by atomic mass is 10.2. The molecule has 0 spiro atoms. The summed E-state index contributed by atoms with van der Waals surface area (Å²) >= 11 is 0. The molecular formula is C21H16FN5O2. The summed E-state index contributed by atoms with van der Waals surface area (Å²) in [6, 6.07) is 20.3. The minimum atomic E-state index is -0.499. The van der Waals surface area contributed by atoms with Crippen molar-refractivity contribution in [2.75, 3.05) is 5.32 Å². The fourth-order valence-electron chi connectivity index (χ4n) is 2.71. The van der Waals surface area contributed by atoms with E-state index in [0.717, 1.165) is 0 Å². The number of nitrogens with one attached hydrogen (secondary N) is 1. The lowest BCUT2D eigenvalue weighted by Crippen LogP contribution is -2.12. The fourth-order valence-corrected chi connectivity index (χ4v) is 2.71. The summed E-state index contributed by atoms with van der Waals surface area (Å²) in [5.41, 5.74) is 1.01. The zero-order valence-electron chi connectivity index (χ0n) is 15.4. The highest BCUT2D eigenvalue weighted by Crippen LogP contribution is 2.22. The normalized spacial score (nSPS) is 10.6. The summed E-state index contributed by atoms with van der Waals surface area (Å²) in [5, 5.41) is 13.8. The number of benzene rings is 3. The van der Waals surface area contributed by atoms with Crippen LogP contribution in [-0.4, -0.2) is 26.1 Å². The third-order valence-electron chi connectivity index (χ3n) is 4.15. The van der Waals surface area contributed by atoms with Gasteiger partial charge in [-0.15, -0.1) is 5.10 Å². The number of anilines is 1. The van der Waals surface area contributed by atoms with Gasteiger partial charge in [-0.3, -0.25) is 4.79 Å². The van der Waals surface area contributed by atoms with E-state index in [-0.39, 0.29) is 11.6 Å². The van der Waals surface area contributed by atoms with Gasteiger partial charge in [-0.2, -0.15) is 4.68 Å². The monoisotopic (exact) mass is 389 g/mol. The van der Waals surface area contributed by atoms with Gasteiger partial charge in [0.2, 0.25) is 0 Å². The van der Waals surface area contributed by atoms with Crippen LogP contribution < -0.4 is 10.1 Å². The summed E-state index contributed by atoms with van der Waals surface area (Å²) in [6.45, 7) is 1.66. The van der Waals surface area contributed by atoms with E-state index in [1.165, 1.54) is 22.9 Å². The summed E-state index contributed by atoms with van der Waals surface area (Å²) < 4.78 is 21.1. The van der Waals surface area contributed by atoms with Crippen molar-refractivity contribution in [1.29, 1.82) is 0 Å². The quantitative estimate of drug-likeness (QED) is 0.554. The van der Waals surface area contributed by atoms with Crippen molar-refractivity contribution in [3.05, 3.63) is 90.0 Å². The van der Waals surface area contributed by atoms with Crippen LogP contribution in [0, 0.1) is 12.7 Å². The van der Waals surface area contributed by atoms with Crippen molar-refractivity contribution in [1.82, 2.24) is 20.2 Å². The zero-order valence-corrected chi connectivity index (χ0v) is 15.4. The van der Waals surface area contributed by atoms with Gasteiger partial charge in [0.1, 0.15) is 23.0 Å². The number of aromatic nitrogens is 4. The van der Waals surface area contributed by atoms with Gasteiger partial charge in [0.05, 0.1) is 0 Å². The van der Waals surface area contributed by atoms with E-state index in [2.05, 4.69) is 20.8 Å². The molecule has 0 aliphatic heterocycles. The number of hydrogen-bond donors (Lipinski definition) is 1. The van der Waals surface area contributed by atoms with E-state index in [1.807, 2.05) is 30.3 Å². The number of ether oxygens (including phenoxy) is 1. The predicted molar refractivity (Wildman–Crippen MR) is 105 cm³/mol. The molecule has 0 fully saturated rings. The van der Waals surface area contributed by atoms with Gasteiger partial charge in [0.25, 0.3) is 5.91 Å². The number of carbonyl (C=O) groups excluding carboxylic acids is 1. The standard InChI is InChI=1S/C21H16FN5O2/c1-14-24-25-26-27(14)20-13-16(9-12-19(20)22)23-21(28)15-7-10-18(11-8-15)29-17-5-3-2-4-6-17/h2-13H,1H3,(H,23,28). The van der Waals surface area contributed by atoms with Gasteiger partial charge < -0.3 is 10.1 Å². The second-order valence-electron chi connectivity index (χ2n) is 6.20. The first-order valence-corrected chi connectivity index (χ1v) is 8.79. The average molecular weight is 389 g/mol. The number of carbonyl (C=O) groups is 1. The number of rotatable bonds is 5. The molecule has 0 atom stereocenters. The van der Waals surface area contributed by atoms with E-state index in [9.17, 15) is 9.18 Å².